The summed E-state index contributed by atoms with van der Waals surface area (Å²) < 4.78 is 15.4. The third kappa shape index (κ3) is 6.86. The highest BCUT2D eigenvalue weighted by Gasteiger charge is 2.38. The SMILES string of the molecule is COC(=O)C1=C(C)NC(C)=C(C(=O)OCCOC(=O)c2ccc(NC(C)=O)cc2)C1c1cccc([N+](=O)[O-])c1. The van der Waals surface area contributed by atoms with E-state index < -0.39 is 28.7 Å². The van der Waals surface area contributed by atoms with Crippen LogP contribution in [0, 0.1) is 10.1 Å². The molecular weight excluding hydrogens is 510 g/mol. The first kappa shape index (κ1) is 28.6. The van der Waals surface area contributed by atoms with Crippen LogP contribution in [0.1, 0.15) is 42.6 Å². The largest absolute Gasteiger partial charge is 0.466 e. The monoisotopic (exact) mass is 537 g/mol. The predicted octanol–water partition coefficient (Wildman–Crippen LogP) is 3.36. The Labute approximate surface area is 223 Å². The van der Waals surface area contributed by atoms with E-state index in [4.69, 9.17) is 14.2 Å². The average Bonchev–Trinajstić information content (AvgIpc) is 2.90. The number of nitro benzene ring substituents is 1. The number of nitrogens with zero attached hydrogens (tertiary/aromatic N) is 1. The van der Waals surface area contributed by atoms with Crippen LogP contribution in [0.25, 0.3) is 0 Å². The molecule has 204 valence electrons. The van der Waals surface area contributed by atoms with Crippen molar-refractivity contribution in [3.8, 4) is 0 Å². The Balaban J connectivity index is 1.75. The van der Waals surface area contributed by atoms with Crippen LogP contribution in [0.3, 0.4) is 0 Å². The van der Waals surface area contributed by atoms with Gasteiger partial charge in [-0.3, -0.25) is 14.9 Å². The second-order valence-electron chi connectivity index (χ2n) is 8.51. The van der Waals surface area contributed by atoms with Gasteiger partial charge in [-0.1, -0.05) is 12.1 Å². The van der Waals surface area contributed by atoms with E-state index in [0.717, 1.165) is 0 Å². The van der Waals surface area contributed by atoms with Crippen LogP contribution < -0.4 is 10.6 Å². The quantitative estimate of drug-likeness (QED) is 0.159. The van der Waals surface area contributed by atoms with Crippen LogP contribution in [-0.2, 0) is 28.6 Å². The molecule has 3 rings (SSSR count). The Hall–Kier alpha value is -5.00. The fourth-order valence-electron chi connectivity index (χ4n) is 4.12. The number of nitro groups is 1. The first-order valence-electron chi connectivity index (χ1n) is 11.8. The maximum atomic E-state index is 13.2. The summed E-state index contributed by atoms with van der Waals surface area (Å²) in [6.07, 6.45) is 0. The molecule has 2 N–H and O–H groups in total. The molecule has 0 aliphatic carbocycles. The van der Waals surface area contributed by atoms with Crippen molar-refractivity contribution in [1.29, 1.82) is 0 Å². The van der Waals surface area contributed by atoms with Crippen LogP contribution >= 0.6 is 0 Å². The van der Waals surface area contributed by atoms with E-state index in [0.29, 0.717) is 22.6 Å². The lowest BCUT2D eigenvalue weighted by Gasteiger charge is -2.30. The lowest BCUT2D eigenvalue weighted by molar-refractivity contribution is -0.384. The maximum absolute atomic E-state index is 13.2. The Kier molecular flexibility index (Phi) is 9.15. The number of hydrogen-bond acceptors (Lipinski definition) is 10. The number of rotatable bonds is 9. The van der Waals surface area contributed by atoms with Crippen molar-refractivity contribution in [1.82, 2.24) is 5.32 Å². The fourth-order valence-corrected chi connectivity index (χ4v) is 4.12. The molecule has 12 nitrogen and oxygen atoms in total. The first-order valence-corrected chi connectivity index (χ1v) is 11.8. The Morgan fingerprint density at radius 2 is 1.51 bits per heavy atom. The number of methoxy groups -OCH3 is 1. The molecule has 0 saturated carbocycles. The van der Waals surface area contributed by atoms with Gasteiger partial charge in [0.05, 0.1) is 34.7 Å². The molecule has 0 aromatic heterocycles. The van der Waals surface area contributed by atoms with Gasteiger partial charge < -0.3 is 24.8 Å². The molecule has 12 heteroatoms. The minimum absolute atomic E-state index is 0.0568. The Bertz CT molecular complexity index is 1380. The summed E-state index contributed by atoms with van der Waals surface area (Å²) in [5, 5.41) is 16.9. The molecule has 1 aliphatic heterocycles. The number of dihydropyridines is 1. The molecule has 0 radical (unpaired) electrons. The molecular formula is C27H27N3O9. The van der Waals surface area contributed by atoms with Crippen molar-refractivity contribution in [2.75, 3.05) is 25.6 Å². The van der Waals surface area contributed by atoms with Crippen molar-refractivity contribution in [3.05, 3.63) is 92.3 Å². The van der Waals surface area contributed by atoms with Crippen molar-refractivity contribution in [3.63, 3.8) is 0 Å². The number of ether oxygens (including phenoxy) is 3. The number of anilines is 1. The molecule has 1 unspecified atom stereocenters. The molecule has 1 atom stereocenters. The van der Waals surface area contributed by atoms with E-state index >= 15 is 0 Å². The van der Waals surface area contributed by atoms with Gasteiger partial charge in [0.25, 0.3) is 5.69 Å². The van der Waals surface area contributed by atoms with E-state index in [9.17, 15) is 29.3 Å². The molecule has 0 fully saturated rings. The minimum atomic E-state index is -1.00. The zero-order valence-electron chi connectivity index (χ0n) is 21.7. The highest BCUT2D eigenvalue weighted by molar-refractivity contribution is 6.00. The highest BCUT2D eigenvalue weighted by Crippen LogP contribution is 2.40. The summed E-state index contributed by atoms with van der Waals surface area (Å²) in [6.45, 7) is 4.07. The number of carbonyl (C=O) groups is 4. The third-order valence-corrected chi connectivity index (χ3v) is 5.79. The normalized spacial score (nSPS) is 14.7. The van der Waals surface area contributed by atoms with Crippen molar-refractivity contribution in [2.24, 2.45) is 0 Å². The maximum Gasteiger partial charge on any atom is 0.338 e. The number of amides is 1. The Morgan fingerprint density at radius 1 is 0.923 bits per heavy atom. The summed E-state index contributed by atoms with van der Waals surface area (Å²) >= 11 is 0. The summed E-state index contributed by atoms with van der Waals surface area (Å²) in [4.78, 5) is 60.1. The van der Waals surface area contributed by atoms with Gasteiger partial charge in [-0.15, -0.1) is 0 Å². The second-order valence-corrected chi connectivity index (χ2v) is 8.51. The van der Waals surface area contributed by atoms with Crippen molar-refractivity contribution < 1.29 is 38.3 Å². The van der Waals surface area contributed by atoms with Gasteiger partial charge in [0.1, 0.15) is 13.2 Å². The number of hydrogen-bond donors (Lipinski definition) is 2. The molecule has 0 bridgehead atoms. The molecule has 1 amide bonds. The van der Waals surface area contributed by atoms with Crippen LogP contribution in [0.2, 0.25) is 0 Å². The standard InChI is InChI=1S/C27H27N3O9/c1-15-22(26(33)37-4)24(19-6-5-7-21(14-19)30(35)36)23(16(2)28-15)27(34)39-13-12-38-25(32)18-8-10-20(11-9-18)29-17(3)31/h5-11,14,24,28H,12-13H2,1-4H3,(H,29,31). The number of esters is 3. The first-order chi connectivity index (χ1) is 18.5. The van der Waals surface area contributed by atoms with Crippen LogP contribution in [0.4, 0.5) is 11.4 Å². The highest BCUT2D eigenvalue weighted by atomic mass is 16.6. The number of carbonyl (C=O) groups excluding carboxylic acids is 4. The fraction of sp³-hybridized carbons (Fsp3) is 0.259. The molecule has 2 aromatic rings. The molecule has 39 heavy (non-hydrogen) atoms. The topological polar surface area (TPSA) is 163 Å². The van der Waals surface area contributed by atoms with E-state index in [1.165, 1.54) is 44.4 Å². The van der Waals surface area contributed by atoms with Crippen LogP contribution in [0.15, 0.2) is 71.1 Å². The van der Waals surface area contributed by atoms with Crippen molar-refractivity contribution in [2.45, 2.75) is 26.7 Å². The second kappa shape index (κ2) is 12.5. The lowest BCUT2D eigenvalue weighted by Crippen LogP contribution is -2.32. The molecule has 2 aromatic carbocycles. The Morgan fingerprint density at radius 3 is 2.08 bits per heavy atom. The average molecular weight is 538 g/mol. The number of benzene rings is 2. The number of nitrogens with one attached hydrogen (secondary N) is 2. The lowest BCUT2D eigenvalue weighted by atomic mass is 9.80. The van der Waals surface area contributed by atoms with Gasteiger partial charge in [-0.25, -0.2) is 14.4 Å². The minimum Gasteiger partial charge on any atom is -0.466 e. The van der Waals surface area contributed by atoms with E-state index in [1.807, 2.05) is 0 Å². The third-order valence-electron chi connectivity index (χ3n) is 5.79. The molecule has 0 saturated heterocycles. The smallest absolute Gasteiger partial charge is 0.338 e. The van der Waals surface area contributed by atoms with Crippen LogP contribution in [-0.4, -0.2) is 49.1 Å². The number of allylic oxidation sites excluding steroid dienone is 2. The summed E-state index contributed by atoms with van der Waals surface area (Å²) in [7, 11) is 1.19. The molecule has 1 aliphatic rings. The number of non-ortho nitro benzene ring substituents is 1. The summed E-state index contributed by atoms with van der Waals surface area (Å²) in [5.74, 6) is -3.43. The zero-order chi connectivity index (χ0) is 28.7. The van der Waals surface area contributed by atoms with Gasteiger partial charge in [0.15, 0.2) is 0 Å². The van der Waals surface area contributed by atoms with E-state index in [-0.39, 0.29) is 41.5 Å². The predicted molar refractivity (Wildman–Crippen MR) is 138 cm³/mol. The molecule has 1 heterocycles. The van der Waals surface area contributed by atoms with Gasteiger partial charge in [0, 0.05) is 36.1 Å². The molecule has 0 spiro atoms. The van der Waals surface area contributed by atoms with Gasteiger partial charge in [0.2, 0.25) is 5.91 Å². The summed E-state index contributed by atoms with van der Waals surface area (Å²) in [5.41, 5.74) is 1.84. The van der Waals surface area contributed by atoms with E-state index in [1.54, 1.807) is 32.0 Å². The summed E-state index contributed by atoms with van der Waals surface area (Å²) in [6, 6.07) is 11.7. The van der Waals surface area contributed by atoms with E-state index in [2.05, 4.69) is 10.6 Å². The van der Waals surface area contributed by atoms with Crippen LogP contribution in [0.5, 0.6) is 0 Å². The van der Waals surface area contributed by atoms with Crippen molar-refractivity contribution >= 4 is 35.2 Å². The zero-order valence-corrected chi connectivity index (χ0v) is 21.7. The van der Waals surface area contributed by atoms with Gasteiger partial charge in [-0.2, -0.15) is 0 Å². The van der Waals surface area contributed by atoms with Gasteiger partial charge >= 0.3 is 17.9 Å². The van der Waals surface area contributed by atoms with Gasteiger partial charge in [-0.05, 0) is 43.7 Å².